The SMILES string of the molecule is C=Cc1ccccc1-c1cccc[n+]1CC[n+]1cc(-c2ccccc2)c(C)cc1-c1ccccc1C. The van der Waals surface area contributed by atoms with Gasteiger partial charge in [0.1, 0.15) is 0 Å². The molecule has 2 nitrogen and oxygen atoms in total. The van der Waals surface area contributed by atoms with Crippen molar-refractivity contribution in [1.82, 2.24) is 0 Å². The second kappa shape index (κ2) is 10.5. The van der Waals surface area contributed by atoms with Gasteiger partial charge < -0.3 is 0 Å². The first-order valence-corrected chi connectivity index (χ1v) is 12.5. The van der Waals surface area contributed by atoms with Gasteiger partial charge in [-0.25, -0.2) is 0 Å². The van der Waals surface area contributed by atoms with Gasteiger partial charge in [-0.15, -0.1) is 0 Å². The lowest BCUT2D eigenvalue weighted by Crippen LogP contribution is -2.46. The topological polar surface area (TPSA) is 7.76 Å². The third kappa shape index (κ3) is 4.76. The summed E-state index contributed by atoms with van der Waals surface area (Å²) in [4.78, 5) is 0. The summed E-state index contributed by atoms with van der Waals surface area (Å²) in [7, 11) is 0. The number of pyridine rings is 2. The first-order valence-electron chi connectivity index (χ1n) is 12.5. The van der Waals surface area contributed by atoms with Gasteiger partial charge in [0.05, 0.1) is 5.56 Å². The van der Waals surface area contributed by atoms with Crippen molar-refractivity contribution in [2.24, 2.45) is 0 Å². The Hall–Kier alpha value is -4.30. The highest BCUT2D eigenvalue weighted by atomic mass is 15.0. The predicted octanol–water partition coefficient (Wildman–Crippen LogP) is 7.22. The van der Waals surface area contributed by atoms with Crippen LogP contribution in [0.15, 0.2) is 122 Å². The van der Waals surface area contributed by atoms with Crippen molar-refractivity contribution in [2.45, 2.75) is 26.9 Å². The Balaban J connectivity index is 1.59. The van der Waals surface area contributed by atoms with Crippen LogP contribution < -0.4 is 9.13 Å². The van der Waals surface area contributed by atoms with Crippen molar-refractivity contribution >= 4 is 6.08 Å². The summed E-state index contributed by atoms with van der Waals surface area (Å²) in [5.74, 6) is 0. The highest BCUT2D eigenvalue weighted by molar-refractivity contribution is 5.71. The summed E-state index contributed by atoms with van der Waals surface area (Å²) in [5, 5.41) is 0. The third-order valence-electron chi connectivity index (χ3n) is 6.86. The molecule has 0 amide bonds. The Morgan fingerprint density at radius 2 is 1.28 bits per heavy atom. The Bertz CT molecular complexity index is 1520. The minimum Gasteiger partial charge on any atom is -0.192 e. The van der Waals surface area contributed by atoms with Crippen LogP contribution in [-0.2, 0) is 13.1 Å². The van der Waals surface area contributed by atoms with E-state index in [-0.39, 0.29) is 0 Å². The van der Waals surface area contributed by atoms with Gasteiger partial charge in [0.15, 0.2) is 12.4 Å². The van der Waals surface area contributed by atoms with E-state index >= 15 is 0 Å². The van der Waals surface area contributed by atoms with E-state index in [1.807, 2.05) is 6.08 Å². The normalized spacial score (nSPS) is 10.8. The van der Waals surface area contributed by atoms with Gasteiger partial charge in [-0.3, -0.25) is 0 Å². The minimum absolute atomic E-state index is 0.849. The van der Waals surface area contributed by atoms with Crippen LogP contribution in [-0.4, -0.2) is 0 Å². The van der Waals surface area contributed by atoms with Gasteiger partial charge in [0, 0.05) is 29.3 Å². The van der Waals surface area contributed by atoms with Gasteiger partial charge in [-0.1, -0.05) is 79.4 Å². The number of aryl methyl sites for hydroxylation is 4. The second-order valence-corrected chi connectivity index (χ2v) is 9.20. The molecule has 0 fully saturated rings. The molecule has 2 heterocycles. The summed E-state index contributed by atoms with van der Waals surface area (Å²) in [6.07, 6.45) is 6.44. The zero-order chi connectivity index (χ0) is 24.9. The largest absolute Gasteiger partial charge is 0.213 e. The molecule has 0 saturated carbocycles. The quantitative estimate of drug-likeness (QED) is 0.223. The van der Waals surface area contributed by atoms with E-state index in [1.165, 1.54) is 44.8 Å². The van der Waals surface area contributed by atoms with Gasteiger partial charge in [0.2, 0.25) is 24.5 Å². The number of rotatable bonds is 7. The molecule has 2 heteroatoms. The molecule has 0 aliphatic rings. The monoisotopic (exact) mass is 468 g/mol. The minimum atomic E-state index is 0.849. The molecule has 5 aromatic rings. The molecule has 0 bridgehead atoms. The zero-order valence-corrected chi connectivity index (χ0v) is 21.1. The van der Waals surface area contributed by atoms with Crippen molar-refractivity contribution in [3.8, 4) is 33.6 Å². The van der Waals surface area contributed by atoms with Crippen LogP contribution in [0.2, 0.25) is 0 Å². The zero-order valence-electron chi connectivity index (χ0n) is 21.1. The Morgan fingerprint density at radius 1 is 0.611 bits per heavy atom. The van der Waals surface area contributed by atoms with Crippen molar-refractivity contribution in [1.29, 1.82) is 0 Å². The van der Waals surface area contributed by atoms with Crippen LogP contribution in [0.25, 0.3) is 39.7 Å². The molecule has 2 aromatic heterocycles. The Morgan fingerprint density at radius 3 is 2.06 bits per heavy atom. The molecule has 176 valence electrons. The van der Waals surface area contributed by atoms with Crippen LogP contribution in [0, 0.1) is 13.8 Å². The van der Waals surface area contributed by atoms with Crippen LogP contribution in [0.5, 0.6) is 0 Å². The van der Waals surface area contributed by atoms with Crippen molar-refractivity contribution in [2.75, 3.05) is 0 Å². The average Bonchev–Trinajstić information content (AvgIpc) is 2.93. The fourth-order valence-electron chi connectivity index (χ4n) is 4.93. The molecule has 0 aliphatic heterocycles. The first kappa shape index (κ1) is 23.4. The van der Waals surface area contributed by atoms with Gasteiger partial charge in [0.25, 0.3) is 0 Å². The van der Waals surface area contributed by atoms with Crippen molar-refractivity contribution in [3.63, 3.8) is 0 Å². The number of hydrogen-bond acceptors (Lipinski definition) is 0. The maximum Gasteiger partial charge on any atom is 0.213 e. The maximum atomic E-state index is 4.03. The number of benzene rings is 3. The van der Waals surface area contributed by atoms with Crippen LogP contribution in [0.4, 0.5) is 0 Å². The van der Waals surface area contributed by atoms with Crippen LogP contribution in [0.1, 0.15) is 16.7 Å². The van der Waals surface area contributed by atoms with E-state index in [0.717, 1.165) is 18.7 Å². The predicted molar refractivity (Wildman–Crippen MR) is 149 cm³/mol. The van der Waals surface area contributed by atoms with E-state index in [9.17, 15) is 0 Å². The van der Waals surface area contributed by atoms with Gasteiger partial charge in [-0.2, -0.15) is 9.13 Å². The molecule has 0 atom stereocenters. The fourth-order valence-corrected chi connectivity index (χ4v) is 4.93. The highest BCUT2D eigenvalue weighted by Crippen LogP contribution is 2.27. The molecule has 36 heavy (non-hydrogen) atoms. The molecular formula is C34H32N2+2. The fraction of sp³-hybridized carbons (Fsp3) is 0.118. The Labute approximate surface area is 214 Å². The van der Waals surface area contributed by atoms with E-state index in [2.05, 4.69) is 145 Å². The molecule has 0 radical (unpaired) electrons. The van der Waals surface area contributed by atoms with E-state index in [1.54, 1.807) is 0 Å². The highest BCUT2D eigenvalue weighted by Gasteiger charge is 2.22. The lowest BCUT2D eigenvalue weighted by atomic mass is 9.98. The summed E-state index contributed by atoms with van der Waals surface area (Å²) in [6, 6.07) is 36.5. The van der Waals surface area contributed by atoms with Gasteiger partial charge in [-0.05, 0) is 54.3 Å². The smallest absolute Gasteiger partial charge is 0.192 e. The number of nitrogens with zero attached hydrogens (tertiary/aromatic N) is 2. The summed E-state index contributed by atoms with van der Waals surface area (Å²) in [6.45, 7) is 10.1. The average molecular weight is 469 g/mol. The molecule has 0 unspecified atom stereocenters. The summed E-state index contributed by atoms with van der Waals surface area (Å²) < 4.78 is 4.76. The molecule has 0 saturated heterocycles. The van der Waals surface area contributed by atoms with Crippen molar-refractivity contribution in [3.05, 3.63) is 139 Å². The molecule has 5 rings (SSSR count). The van der Waals surface area contributed by atoms with Crippen molar-refractivity contribution < 1.29 is 9.13 Å². The molecule has 3 aromatic carbocycles. The first-order chi connectivity index (χ1) is 17.7. The molecule has 0 aliphatic carbocycles. The summed E-state index contributed by atoms with van der Waals surface area (Å²) >= 11 is 0. The number of aromatic nitrogens is 2. The van der Waals surface area contributed by atoms with Crippen LogP contribution in [0.3, 0.4) is 0 Å². The molecule has 0 N–H and O–H groups in total. The lowest BCUT2D eigenvalue weighted by molar-refractivity contribution is -0.768. The van der Waals surface area contributed by atoms with E-state index in [4.69, 9.17) is 0 Å². The van der Waals surface area contributed by atoms with E-state index < -0.39 is 0 Å². The van der Waals surface area contributed by atoms with E-state index in [0.29, 0.717) is 0 Å². The lowest BCUT2D eigenvalue weighted by Gasteiger charge is -2.12. The standard InChI is InChI=1S/C34H32N2/c1-4-28-15-9-11-19-31(28)33-20-12-13-21-35(33)22-23-36-25-32(29-16-6-5-7-17-29)27(3)24-34(36)30-18-10-8-14-26(30)2/h4-21,24-25H,1,22-23H2,2-3H3/q+2. The van der Waals surface area contributed by atoms with Gasteiger partial charge >= 0.3 is 0 Å². The third-order valence-corrected chi connectivity index (χ3v) is 6.86. The number of hydrogen-bond donors (Lipinski definition) is 0. The van der Waals surface area contributed by atoms with Crippen LogP contribution >= 0.6 is 0 Å². The Kier molecular flexibility index (Phi) is 6.86. The molecular weight excluding hydrogens is 436 g/mol. The summed E-state index contributed by atoms with van der Waals surface area (Å²) in [5.41, 5.74) is 11.1. The molecule has 0 spiro atoms. The second-order valence-electron chi connectivity index (χ2n) is 9.20. The maximum absolute atomic E-state index is 4.03.